The van der Waals surface area contributed by atoms with E-state index in [2.05, 4.69) is 50.5 Å². The summed E-state index contributed by atoms with van der Waals surface area (Å²) in [6.45, 7) is 10.2. The fourth-order valence-electron chi connectivity index (χ4n) is 4.08. The summed E-state index contributed by atoms with van der Waals surface area (Å²) in [4.78, 5) is 9.36. The Bertz CT molecular complexity index is 648. The van der Waals surface area contributed by atoms with Crippen LogP contribution in [0, 0.1) is 5.92 Å². The molecule has 0 amide bonds. The first-order valence-corrected chi connectivity index (χ1v) is 10.8. The molecule has 2 unspecified atom stereocenters. The van der Waals surface area contributed by atoms with Gasteiger partial charge >= 0.3 is 0 Å². The molecular formula is C22H37N5O2. The van der Waals surface area contributed by atoms with E-state index in [4.69, 9.17) is 9.47 Å². The summed E-state index contributed by atoms with van der Waals surface area (Å²) in [6, 6.07) is 8.71. The first kappa shape index (κ1) is 21.7. The minimum atomic E-state index is 0.385. The molecule has 1 aromatic carbocycles. The van der Waals surface area contributed by atoms with Crippen molar-refractivity contribution in [1.82, 2.24) is 15.5 Å². The molecule has 2 fully saturated rings. The van der Waals surface area contributed by atoms with Crippen LogP contribution in [0.4, 0.5) is 5.69 Å². The molecule has 0 aliphatic carbocycles. The van der Waals surface area contributed by atoms with Crippen molar-refractivity contribution in [1.29, 1.82) is 0 Å². The number of morpholine rings is 1. The normalized spacial score (nSPS) is 22.2. The number of aliphatic imine (C=N–C) groups is 1. The highest BCUT2D eigenvalue weighted by Crippen LogP contribution is 2.24. The largest absolute Gasteiger partial charge is 0.497 e. The number of benzene rings is 1. The molecule has 0 saturated carbocycles. The van der Waals surface area contributed by atoms with Crippen molar-refractivity contribution in [3.05, 3.63) is 24.3 Å². The highest BCUT2D eigenvalue weighted by Gasteiger charge is 2.21. The molecule has 162 valence electrons. The van der Waals surface area contributed by atoms with Crippen molar-refractivity contribution in [2.24, 2.45) is 10.9 Å². The zero-order chi connectivity index (χ0) is 20.5. The summed E-state index contributed by atoms with van der Waals surface area (Å²) in [5.74, 6) is 2.37. The standard InChI is InChI=1S/C22H37N5O2/c1-18(16-26-10-12-29-13-11-26)15-24-22(23-2)25-19-6-5-9-27(17-19)20-7-4-8-21(14-20)28-3/h4,7-8,14,18-19H,5-6,9-13,15-17H2,1-3H3,(H2,23,24,25). The number of piperidine rings is 1. The summed E-state index contributed by atoms with van der Waals surface area (Å²) in [6.07, 6.45) is 2.32. The molecule has 0 aromatic heterocycles. The van der Waals surface area contributed by atoms with Crippen LogP contribution >= 0.6 is 0 Å². The minimum Gasteiger partial charge on any atom is -0.497 e. The second-order valence-electron chi connectivity index (χ2n) is 8.10. The smallest absolute Gasteiger partial charge is 0.191 e. The maximum Gasteiger partial charge on any atom is 0.191 e. The SMILES string of the molecule is CN=C(NCC(C)CN1CCOCC1)NC1CCCN(c2cccc(OC)c2)C1. The van der Waals surface area contributed by atoms with Crippen LogP contribution in [0.5, 0.6) is 5.75 Å². The van der Waals surface area contributed by atoms with Crippen molar-refractivity contribution < 1.29 is 9.47 Å². The number of rotatable bonds is 7. The van der Waals surface area contributed by atoms with Gasteiger partial charge in [-0.3, -0.25) is 9.89 Å². The van der Waals surface area contributed by atoms with E-state index >= 15 is 0 Å². The highest BCUT2D eigenvalue weighted by atomic mass is 16.5. The van der Waals surface area contributed by atoms with Gasteiger partial charge in [-0.15, -0.1) is 0 Å². The van der Waals surface area contributed by atoms with Gasteiger partial charge in [-0.1, -0.05) is 13.0 Å². The lowest BCUT2D eigenvalue weighted by Gasteiger charge is -2.35. The number of hydrogen-bond acceptors (Lipinski definition) is 5. The average Bonchev–Trinajstić information content (AvgIpc) is 2.77. The van der Waals surface area contributed by atoms with E-state index in [1.54, 1.807) is 7.11 Å². The zero-order valence-electron chi connectivity index (χ0n) is 18.2. The first-order chi connectivity index (χ1) is 14.2. The molecule has 1 aromatic rings. The predicted molar refractivity (Wildman–Crippen MR) is 119 cm³/mol. The topological polar surface area (TPSA) is 61.4 Å². The van der Waals surface area contributed by atoms with Crippen LogP contribution in [-0.2, 0) is 4.74 Å². The lowest BCUT2D eigenvalue weighted by Crippen LogP contribution is -2.52. The van der Waals surface area contributed by atoms with Gasteiger partial charge in [0, 0.05) is 64.1 Å². The number of nitrogens with zero attached hydrogens (tertiary/aromatic N) is 3. The van der Waals surface area contributed by atoms with E-state index in [0.717, 1.165) is 70.6 Å². The summed E-state index contributed by atoms with van der Waals surface area (Å²) in [5.41, 5.74) is 1.22. The molecule has 0 bridgehead atoms. The van der Waals surface area contributed by atoms with Gasteiger partial charge in [-0.2, -0.15) is 0 Å². The molecular weight excluding hydrogens is 366 g/mol. The molecule has 7 heteroatoms. The van der Waals surface area contributed by atoms with Crippen LogP contribution in [0.1, 0.15) is 19.8 Å². The van der Waals surface area contributed by atoms with Crippen LogP contribution in [0.3, 0.4) is 0 Å². The first-order valence-electron chi connectivity index (χ1n) is 10.8. The molecule has 2 heterocycles. The van der Waals surface area contributed by atoms with Gasteiger partial charge in [-0.25, -0.2) is 0 Å². The number of guanidine groups is 1. The Morgan fingerprint density at radius 3 is 2.90 bits per heavy atom. The summed E-state index contributed by atoms with van der Waals surface area (Å²) >= 11 is 0. The number of methoxy groups -OCH3 is 1. The quantitative estimate of drug-likeness (QED) is 0.535. The maximum absolute atomic E-state index is 5.44. The Balaban J connectivity index is 1.45. The number of hydrogen-bond donors (Lipinski definition) is 2. The van der Waals surface area contributed by atoms with Crippen molar-refractivity contribution in [3.63, 3.8) is 0 Å². The Labute approximate surface area is 175 Å². The molecule has 0 radical (unpaired) electrons. The second kappa shape index (κ2) is 11.3. The zero-order valence-corrected chi connectivity index (χ0v) is 18.2. The highest BCUT2D eigenvalue weighted by molar-refractivity contribution is 5.80. The third kappa shape index (κ3) is 6.78. The second-order valence-corrected chi connectivity index (χ2v) is 8.10. The molecule has 3 rings (SSSR count). The fraction of sp³-hybridized carbons (Fsp3) is 0.682. The molecule has 29 heavy (non-hydrogen) atoms. The van der Waals surface area contributed by atoms with Crippen LogP contribution in [0.2, 0.25) is 0 Å². The number of anilines is 1. The van der Waals surface area contributed by atoms with Gasteiger partial charge in [0.15, 0.2) is 5.96 Å². The summed E-state index contributed by atoms with van der Waals surface area (Å²) in [5, 5.41) is 7.15. The minimum absolute atomic E-state index is 0.385. The third-order valence-electron chi connectivity index (χ3n) is 5.70. The van der Waals surface area contributed by atoms with Gasteiger partial charge < -0.3 is 25.0 Å². The van der Waals surface area contributed by atoms with Crippen molar-refractivity contribution in [2.45, 2.75) is 25.8 Å². The van der Waals surface area contributed by atoms with E-state index in [0.29, 0.717) is 12.0 Å². The fourth-order valence-corrected chi connectivity index (χ4v) is 4.08. The monoisotopic (exact) mass is 403 g/mol. The van der Waals surface area contributed by atoms with Crippen LogP contribution in [0.15, 0.2) is 29.3 Å². The van der Waals surface area contributed by atoms with Crippen LogP contribution in [0.25, 0.3) is 0 Å². The van der Waals surface area contributed by atoms with Crippen LogP contribution in [-0.4, -0.2) is 83.5 Å². The molecule has 2 aliphatic heterocycles. The molecule has 2 saturated heterocycles. The Hall–Kier alpha value is -1.99. The maximum atomic E-state index is 5.44. The number of nitrogens with one attached hydrogen (secondary N) is 2. The van der Waals surface area contributed by atoms with E-state index in [1.165, 1.54) is 12.1 Å². The average molecular weight is 404 g/mol. The lowest BCUT2D eigenvalue weighted by atomic mass is 10.0. The molecule has 2 aliphatic rings. The Kier molecular flexibility index (Phi) is 8.43. The Morgan fingerprint density at radius 1 is 1.31 bits per heavy atom. The number of ether oxygens (including phenoxy) is 2. The molecule has 7 nitrogen and oxygen atoms in total. The van der Waals surface area contributed by atoms with Gasteiger partial charge in [0.05, 0.1) is 20.3 Å². The predicted octanol–water partition coefficient (Wildman–Crippen LogP) is 1.80. The lowest BCUT2D eigenvalue weighted by molar-refractivity contribution is 0.0320. The van der Waals surface area contributed by atoms with E-state index in [1.807, 2.05) is 13.1 Å². The van der Waals surface area contributed by atoms with E-state index in [9.17, 15) is 0 Å². The van der Waals surface area contributed by atoms with Crippen LogP contribution < -0.4 is 20.3 Å². The van der Waals surface area contributed by atoms with E-state index < -0.39 is 0 Å². The van der Waals surface area contributed by atoms with Gasteiger partial charge in [0.2, 0.25) is 0 Å². The summed E-state index contributed by atoms with van der Waals surface area (Å²) < 4.78 is 10.8. The van der Waals surface area contributed by atoms with Crippen molar-refractivity contribution in [2.75, 3.05) is 71.5 Å². The molecule has 2 N–H and O–H groups in total. The molecule has 2 atom stereocenters. The van der Waals surface area contributed by atoms with Gasteiger partial charge in [0.1, 0.15) is 5.75 Å². The van der Waals surface area contributed by atoms with Crippen molar-refractivity contribution >= 4 is 11.6 Å². The summed E-state index contributed by atoms with van der Waals surface area (Å²) in [7, 11) is 3.57. The Morgan fingerprint density at radius 2 is 2.14 bits per heavy atom. The van der Waals surface area contributed by atoms with Gasteiger partial charge in [-0.05, 0) is 30.9 Å². The molecule has 0 spiro atoms. The van der Waals surface area contributed by atoms with Gasteiger partial charge in [0.25, 0.3) is 0 Å². The third-order valence-corrected chi connectivity index (χ3v) is 5.70. The van der Waals surface area contributed by atoms with Crippen molar-refractivity contribution in [3.8, 4) is 5.75 Å². The van der Waals surface area contributed by atoms with E-state index in [-0.39, 0.29) is 0 Å².